The Morgan fingerprint density at radius 2 is 2.00 bits per heavy atom. The summed E-state index contributed by atoms with van der Waals surface area (Å²) < 4.78 is 29.6. The molecule has 1 aromatic carbocycles. The van der Waals surface area contributed by atoms with Crippen LogP contribution in [0.1, 0.15) is 23.1 Å². The lowest BCUT2D eigenvalue weighted by atomic mass is 10.1. The number of nitrogens with zero attached hydrogens (tertiary/aromatic N) is 1. The van der Waals surface area contributed by atoms with Crippen molar-refractivity contribution in [1.29, 1.82) is 0 Å². The maximum Gasteiger partial charge on any atom is 0.387 e. The van der Waals surface area contributed by atoms with Gasteiger partial charge >= 0.3 is 6.61 Å². The molecule has 1 fully saturated rings. The second-order valence-corrected chi connectivity index (χ2v) is 6.99. The molecule has 134 valence electrons. The molecular weight excluding hydrogens is 372 g/mol. The molecule has 0 aliphatic carbocycles. The highest BCUT2D eigenvalue weighted by atomic mass is 32.2. The van der Waals surface area contributed by atoms with Crippen LogP contribution in [-0.4, -0.2) is 34.3 Å². The van der Waals surface area contributed by atoms with Gasteiger partial charge < -0.3 is 14.6 Å². The predicted molar refractivity (Wildman–Crippen MR) is 92.1 cm³/mol. The number of carbonyl (C=O) groups excluding carboxylic acids is 2. The number of hydrogen-bond donors (Lipinski definition) is 0. The predicted octanol–water partition coefficient (Wildman–Crippen LogP) is 2.25. The molecule has 0 bridgehead atoms. The molecule has 1 aliphatic heterocycles. The van der Waals surface area contributed by atoms with E-state index in [1.54, 1.807) is 32.1 Å². The van der Waals surface area contributed by atoms with Crippen molar-refractivity contribution in [3.8, 4) is 5.75 Å². The molecule has 1 amide bonds. The third kappa shape index (κ3) is 4.76. The van der Waals surface area contributed by atoms with Gasteiger partial charge in [-0.1, -0.05) is 24.0 Å². The molecule has 0 radical (unpaired) electrons. The van der Waals surface area contributed by atoms with E-state index in [0.717, 1.165) is 11.8 Å². The lowest BCUT2D eigenvalue weighted by molar-refractivity contribution is -0.305. The van der Waals surface area contributed by atoms with Crippen LogP contribution >= 0.6 is 24.0 Å². The molecule has 1 aliphatic rings. The summed E-state index contributed by atoms with van der Waals surface area (Å²) in [6.45, 7) is 0.298. The maximum atomic E-state index is 12.4. The molecule has 0 N–H and O–H groups in total. The van der Waals surface area contributed by atoms with Crippen molar-refractivity contribution in [3.05, 3.63) is 33.7 Å². The Kier molecular flexibility index (Phi) is 6.12. The molecule has 0 unspecified atom stereocenters. The highest BCUT2D eigenvalue weighted by Gasteiger charge is 2.31. The molecule has 25 heavy (non-hydrogen) atoms. The van der Waals surface area contributed by atoms with Crippen LogP contribution < -0.4 is 9.84 Å². The monoisotopic (exact) mass is 386 g/mol. The number of aliphatic carboxylic acids is 1. The minimum absolute atomic E-state index is 0.0520. The van der Waals surface area contributed by atoms with Gasteiger partial charge in [-0.2, -0.15) is 8.78 Å². The average molecular weight is 386 g/mol. The largest absolute Gasteiger partial charge is 0.550 e. The van der Waals surface area contributed by atoms with Gasteiger partial charge in [-0.3, -0.25) is 9.69 Å². The van der Waals surface area contributed by atoms with Gasteiger partial charge in [-0.05, 0) is 48.7 Å². The van der Waals surface area contributed by atoms with Crippen LogP contribution in [0.2, 0.25) is 0 Å². The summed E-state index contributed by atoms with van der Waals surface area (Å²) in [4.78, 5) is 24.4. The van der Waals surface area contributed by atoms with Crippen molar-refractivity contribution in [2.45, 2.75) is 26.9 Å². The first-order valence-electron chi connectivity index (χ1n) is 7.20. The SMILES string of the molecule is Cc1cc(/C=C2\SC(=S)N(CCC(=O)[O-])C2=O)cc(C)c1OC(F)F. The number of alkyl halides is 2. The first kappa shape index (κ1) is 19.3. The van der Waals surface area contributed by atoms with E-state index in [0.29, 0.717) is 21.6 Å². The van der Waals surface area contributed by atoms with E-state index in [4.69, 9.17) is 12.2 Å². The van der Waals surface area contributed by atoms with Crippen molar-refractivity contribution in [1.82, 2.24) is 4.90 Å². The van der Waals surface area contributed by atoms with E-state index in [9.17, 15) is 23.5 Å². The second kappa shape index (κ2) is 7.92. The number of carbonyl (C=O) groups is 2. The molecule has 1 saturated heterocycles. The zero-order chi connectivity index (χ0) is 18.7. The topological polar surface area (TPSA) is 69.7 Å². The van der Waals surface area contributed by atoms with E-state index in [1.807, 2.05) is 0 Å². The van der Waals surface area contributed by atoms with Gasteiger partial charge in [-0.15, -0.1) is 0 Å². The summed E-state index contributed by atoms with van der Waals surface area (Å²) in [5.41, 5.74) is 1.66. The number of hydrogen-bond acceptors (Lipinski definition) is 6. The number of rotatable bonds is 6. The fourth-order valence-electron chi connectivity index (χ4n) is 2.39. The summed E-state index contributed by atoms with van der Waals surface area (Å²) in [7, 11) is 0. The van der Waals surface area contributed by atoms with Crippen molar-refractivity contribution >= 4 is 46.3 Å². The lowest BCUT2D eigenvalue weighted by Gasteiger charge is -2.14. The number of carboxylic acid groups (broad SMARTS) is 1. The van der Waals surface area contributed by atoms with E-state index in [1.165, 1.54) is 4.90 Å². The Bertz CT molecular complexity index is 741. The van der Waals surface area contributed by atoms with Crippen LogP contribution in [-0.2, 0) is 9.59 Å². The quantitative estimate of drug-likeness (QED) is 0.552. The number of aryl methyl sites for hydroxylation is 2. The molecule has 5 nitrogen and oxygen atoms in total. The number of ether oxygens (including phenoxy) is 1. The van der Waals surface area contributed by atoms with Crippen LogP contribution in [0.25, 0.3) is 6.08 Å². The standard InChI is InChI=1S/C16H15F2NO4S2/c1-8-5-10(6-9(2)13(8)23-15(17)18)7-11-14(22)19(16(24)25-11)4-3-12(20)21/h5-7,15H,3-4H2,1-2H3,(H,20,21)/p-1/b11-7-. The highest BCUT2D eigenvalue weighted by molar-refractivity contribution is 8.26. The van der Waals surface area contributed by atoms with Crippen LogP contribution in [0.3, 0.4) is 0 Å². The van der Waals surface area contributed by atoms with Crippen molar-refractivity contribution < 1.29 is 28.2 Å². The Morgan fingerprint density at radius 1 is 1.40 bits per heavy atom. The smallest absolute Gasteiger partial charge is 0.387 e. The van der Waals surface area contributed by atoms with Crippen LogP contribution in [0.4, 0.5) is 8.78 Å². The van der Waals surface area contributed by atoms with Gasteiger partial charge in [0.1, 0.15) is 10.1 Å². The maximum absolute atomic E-state index is 12.4. The van der Waals surface area contributed by atoms with Crippen LogP contribution in [0.15, 0.2) is 17.0 Å². The normalized spacial score (nSPS) is 16.2. The summed E-state index contributed by atoms with van der Waals surface area (Å²) >= 11 is 6.15. The Hall–Kier alpha value is -2.00. The summed E-state index contributed by atoms with van der Waals surface area (Å²) in [6, 6.07) is 3.25. The van der Waals surface area contributed by atoms with Gasteiger partial charge in [-0.25, -0.2) is 0 Å². The first-order valence-corrected chi connectivity index (χ1v) is 8.42. The summed E-state index contributed by atoms with van der Waals surface area (Å²) in [6.07, 6.45) is 1.28. The number of halogens is 2. The van der Waals surface area contributed by atoms with E-state index >= 15 is 0 Å². The number of thioether (sulfide) groups is 1. The molecule has 0 spiro atoms. The minimum Gasteiger partial charge on any atom is -0.550 e. The van der Waals surface area contributed by atoms with Gasteiger partial charge in [0.05, 0.1) is 4.91 Å². The zero-order valence-corrected chi connectivity index (χ0v) is 15.0. The Balaban J connectivity index is 2.24. The first-order chi connectivity index (χ1) is 11.7. The van der Waals surface area contributed by atoms with Gasteiger partial charge in [0.25, 0.3) is 5.91 Å². The van der Waals surface area contributed by atoms with E-state index in [-0.39, 0.29) is 28.9 Å². The third-order valence-corrected chi connectivity index (χ3v) is 4.78. The molecule has 1 heterocycles. The third-order valence-electron chi connectivity index (χ3n) is 3.40. The van der Waals surface area contributed by atoms with Gasteiger partial charge in [0.15, 0.2) is 0 Å². The van der Waals surface area contributed by atoms with E-state index < -0.39 is 12.6 Å². The fraction of sp³-hybridized carbons (Fsp3) is 0.312. The number of amides is 1. The molecular formula is C16H14F2NO4S2-. The average Bonchev–Trinajstić information content (AvgIpc) is 2.75. The van der Waals surface area contributed by atoms with Crippen molar-refractivity contribution in [2.24, 2.45) is 0 Å². The number of thiocarbonyl (C=S) groups is 1. The van der Waals surface area contributed by atoms with Gasteiger partial charge in [0.2, 0.25) is 0 Å². The molecule has 2 rings (SSSR count). The Morgan fingerprint density at radius 3 is 2.52 bits per heavy atom. The van der Waals surface area contributed by atoms with E-state index in [2.05, 4.69) is 4.74 Å². The van der Waals surface area contributed by atoms with Crippen molar-refractivity contribution in [2.75, 3.05) is 6.54 Å². The van der Waals surface area contributed by atoms with Crippen LogP contribution in [0, 0.1) is 13.8 Å². The summed E-state index contributed by atoms with van der Waals surface area (Å²) in [5.74, 6) is -1.55. The molecule has 0 saturated carbocycles. The Labute approximate surface area is 152 Å². The molecule has 0 atom stereocenters. The lowest BCUT2D eigenvalue weighted by Crippen LogP contribution is -2.33. The molecule has 1 aromatic rings. The number of carboxylic acids is 1. The highest BCUT2D eigenvalue weighted by Crippen LogP contribution is 2.34. The second-order valence-electron chi connectivity index (χ2n) is 5.32. The summed E-state index contributed by atoms with van der Waals surface area (Å²) in [5, 5.41) is 10.5. The molecule has 0 aromatic heterocycles. The molecule has 9 heteroatoms. The fourth-order valence-corrected chi connectivity index (χ4v) is 3.70. The minimum atomic E-state index is -2.91. The van der Waals surface area contributed by atoms with Gasteiger partial charge in [0, 0.05) is 18.9 Å². The number of benzene rings is 1. The zero-order valence-electron chi connectivity index (χ0n) is 13.4. The van der Waals surface area contributed by atoms with Crippen LogP contribution in [0.5, 0.6) is 5.75 Å². The van der Waals surface area contributed by atoms with Crippen molar-refractivity contribution in [3.63, 3.8) is 0 Å².